The van der Waals surface area contributed by atoms with Crippen molar-refractivity contribution in [3.8, 4) is 0 Å². The number of esters is 2. The van der Waals surface area contributed by atoms with Crippen LogP contribution >= 0.6 is 0 Å². The van der Waals surface area contributed by atoms with Crippen LogP contribution in [-0.2, 0) is 28.6 Å². The number of carbonyl (C=O) groups excluding carboxylic acids is 3. The lowest BCUT2D eigenvalue weighted by atomic mass is 10.0. The fourth-order valence-electron chi connectivity index (χ4n) is 7.74. The molecular weight excluding hydrogens is 811 g/mol. The zero-order chi connectivity index (χ0) is 47.7. The van der Waals surface area contributed by atoms with E-state index in [9.17, 15) is 19.5 Å². The Morgan fingerprint density at radius 1 is 0.462 bits per heavy atom. The second-order valence-corrected chi connectivity index (χ2v) is 19.1. The highest BCUT2D eigenvalue weighted by molar-refractivity contribution is 5.70. The Kier molecular flexibility index (Phi) is 45.3. The van der Waals surface area contributed by atoms with Crippen molar-refractivity contribution >= 4 is 17.9 Å². The predicted molar refractivity (Wildman–Crippen MR) is 273 cm³/mol. The van der Waals surface area contributed by atoms with Gasteiger partial charge < -0.3 is 28.6 Å². The molecule has 0 aliphatic heterocycles. The third-order valence-corrected chi connectivity index (χ3v) is 11.9. The number of unbranched alkanes of at least 4 members (excludes halogenated alkanes) is 24. The Hall–Kier alpha value is -2.97. The van der Waals surface area contributed by atoms with Gasteiger partial charge in [-0.2, -0.15) is 0 Å². The summed E-state index contributed by atoms with van der Waals surface area (Å²) < 4.78 is 17.2. The molecule has 0 N–H and O–H groups in total. The molecule has 2 atom stereocenters. The first-order valence-corrected chi connectivity index (χ1v) is 26.8. The first-order chi connectivity index (χ1) is 31.6. The zero-order valence-electron chi connectivity index (χ0n) is 42.9. The minimum atomic E-state index is -1.13. The van der Waals surface area contributed by atoms with E-state index in [1.165, 1.54) is 135 Å². The van der Waals surface area contributed by atoms with Crippen LogP contribution in [0.1, 0.15) is 232 Å². The molecule has 0 aromatic rings. The average Bonchev–Trinajstić information content (AvgIpc) is 3.27. The van der Waals surface area contributed by atoms with Gasteiger partial charge in [0, 0.05) is 19.3 Å². The summed E-state index contributed by atoms with van der Waals surface area (Å²) in [5, 5.41) is 11.7. The SMILES string of the molecule is CCCCC/C=C/C/C=C/C/C=C/C/C=C/C/C=C/CCCCC(=O)OCC(COCCC(C(=O)[O-])[N+](C)(C)C)OC(=O)CCCCCCCCCCCCCCCCCCCCCC. The fraction of sp³-hybridized carbons (Fsp3) is 0.772. The van der Waals surface area contributed by atoms with Crippen molar-refractivity contribution in [1.82, 2.24) is 0 Å². The number of aliphatic carboxylic acids is 1. The number of allylic oxidation sites excluding steroid dienone is 10. The molecule has 0 bridgehead atoms. The molecule has 0 aromatic carbocycles. The van der Waals surface area contributed by atoms with E-state index in [0.717, 1.165) is 57.8 Å². The number of hydrogen-bond donors (Lipinski definition) is 0. The second kappa shape index (κ2) is 47.5. The minimum absolute atomic E-state index is 0.0272. The Morgan fingerprint density at radius 2 is 0.815 bits per heavy atom. The molecular formula is C57H101NO7. The van der Waals surface area contributed by atoms with Gasteiger partial charge in [-0.05, 0) is 64.2 Å². The number of quaternary nitrogens is 1. The fourth-order valence-corrected chi connectivity index (χ4v) is 7.74. The number of carbonyl (C=O) groups is 3. The van der Waals surface area contributed by atoms with Crippen molar-refractivity contribution in [3.63, 3.8) is 0 Å². The Labute approximate surface area is 400 Å². The van der Waals surface area contributed by atoms with Crippen molar-refractivity contribution in [2.75, 3.05) is 41.0 Å². The summed E-state index contributed by atoms with van der Waals surface area (Å²) in [5.41, 5.74) is 0. The summed E-state index contributed by atoms with van der Waals surface area (Å²) in [7, 11) is 5.41. The van der Waals surface area contributed by atoms with Crippen molar-refractivity contribution in [2.24, 2.45) is 0 Å². The third kappa shape index (κ3) is 46.0. The van der Waals surface area contributed by atoms with Gasteiger partial charge in [-0.3, -0.25) is 9.59 Å². The smallest absolute Gasteiger partial charge is 0.306 e. The molecule has 376 valence electrons. The number of ether oxygens (including phenoxy) is 3. The lowest BCUT2D eigenvalue weighted by molar-refractivity contribution is -0.889. The molecule has 0 saturated carbocycles. The molecule has 8 heteroatoms. The molecule has 0 rings (SSSR count). The van der Waals surface area contributed by atoms with Crippen molar-refractivity contribution in [1.29, 1.82) is 0 Å². The normalized spacial score (nSPS) is 13.3. The largest absolute Gasteiger partial charge is 0.544 e. The number of rotatable bonds is 48. The van der Waals surface area contributed by atoms with Gasteiger partial charge in [-0.1, -0.05) is 209 Å². The van der Waals surface area contributed by atoms with Crippen molar-refractivity contribution < 1.29 is 38.2 Å². The summed E-state index contributed by atoms with van der Waals surface area (Å²) in [6.07, 6.45) is 59.7. The van der Waals surface area contributed by atoms with Gasteiger partial charge in [0.25, 0.3) is 0 Å². The maximum absolute atomic E-state index is 12.8. The quantitative estimate of drug-likeness (QED) is 0.0259. The van der Waals surface area contributed by atoms with E-state index in [4.69, 9.17) is 14.2 Å². The molecule has 0 amide bonds. The third-order valence-electron chi connectivity index (χ3n) is 11.9. The van der Waals surface area contributed by atoms with Crippen LogP contribution in [0.3, 0.4) is 0 Å². The van der Waals surface area contributed by atoms with Gasteiger partial charge in [0.15, 0.2) is 6.10 Å². The summed E-state index contributed by atoms with van der Waals surface area (Å²) in [5.74, 6) is -1.78. The Balaban J connectivity index is 4.29. The van der Waals surface area contributed by atoms with E-state index in [1.54, 1.807) is 21.1 Å². The van der Waals surface area contributed by atoms with Gasteiger partial charge in [-0.15, -0.1) is 0 Å². The molecule has 0 radical (unpaired) electrons. The molecule has 0 aliphatic rings. The maximum Gasteiger partial charge on any atom is 0.306 e. The molecule has 0 spiro atoms. The van der Waals surface area contributed by atoms with E-state index in [1.807, 2.05) is 0 Å². The van der Waals surface area contributed by atoms with Gasteiger partial charge in [-0.25, -0.2) is 0 Å². The highest BCUT2D eigenvalue weighted by atomic mass is 16.6. The standard InChI is InChI=1S/C57H101NO7/c1-6-8-10-12-14-16-18-20-22-24-26-28-30-31-33-35-37-39-41-43-45-47-55(59)64-52-53(51-63-50-49-54(57(61)62)58(3,4)5)65-56(60)48-46-44-42-40-38-36-34-32-29-27-25-23-21-19-17-15-13-11-9-7-2/h14,16,20,22,26,28,31,33,37,39,53-54H,6-13,15,17-19,21,23-25,27,29-30,32,34-36,38,40-52H2,1-5H3/b16-14+,22-20+,28-26+,33-31+,39-37+. The van der Waals surface area contributed by atoms with Crippen LogP contribution in [0.2, 0.25) is 0 Å². The van der Waals surface area contributed by atoms with Crippen LogP contribution in [0.5, 0.6) is 0 Å². The topological polar surface area (TPSA) is 102 Å². The molecule has 0 heterocycles. The molecule has 8 nitrogen and oxygen atoms in total. The highest BCUT2D eigenvalue weighted by Gasteiger charge is 2.25. The molecule has 0 aromatic heterocycles. The first kappa shape index (κ1) is 62.0. The van der Waals surface area contributed by atoms with Crippen LogP contribution in [0.15, 0.2) is 60.8 Å². The van der Waals surface area contributed by atoms with Gasteiger partial charge in [0.2, 0.25) is 0 Å². The van der Waals surface area contributed by atoms with E-state index in [-0.39, 0.29) is 42.7 Å². The van der Waals surface area contributed by atoms with E-state index in [2.05, 4.69) is 74.6 Å². The number of hydrogen-bond acceptors (Lipinski definition) is 7. The zero-order valence-corrected chi connectivity index (χ0v) is 42.9. The van der Waals surface area contributed by atoms with Crippen molar-refractivity contribution in [3.05, 3.63) is 60.8 Å². The number of carboxylic acids is 1. The van der Waals surface area contributed by atoms with Crippen LogP contribution in [0.4, 0.5) is 0 Å². The lowest BCUT2D eigenvalue weighted by Crippen LogP contribution is -2.55. The highest BCUT2D eigenvalue weighted by Crippen LogP contribution is 2.16. The molecule has 2 unspecified atom stereocenters. The van der Waals surface area contributed by atoms with Crippen molar-refractivity contribution in [2.45, 2.75) is 244 Å². The summed E-state index contributed by atoms with van der Waals surface area (Å²) in [4.78, 5) is 37.1. The minimum Gasteiger partial charge on any atom is -0.544 e. The van der Waals surface area contributed by atoms with E-state index >= 15 is 0 Å². The summed E-state index contributed by atoms with van der Waals surface area (Å²) in [6, 6.07) is -0.734. The van der Waals surface area contributed by atoms with Crippen LogP contribution in [0, 0.1) is 0 Å². The van der Waals surface area contributed by atoms with Gasteiger partial charge in [0.1, 0.15) is 12.6 Å². The van der Waals surface area contributed by atoms with Crippen LogP contribution in [0.25, 0.3) is 0 Å². The van der Waals surface area contributed by atoms with Gasteiger partial charge >= 0.3 is 11.9 Å². The summed E-state index contributed by atoms with van der Waals surface area (Å²) >= 11 is 0. The Morgan fingerprint density at radius 3 is 1.23 bits per heavy atom. The Bertz CT molecular complexity index is 1250. The van der Waals surface area contributed by atoms with Crippen LogP contribution < -0.4 is 5.11 Å². The molecule has 0 fully saturated rings. The van der Waals surface area contributed by atoms with Crippen LogP contribution in [-0.4, -0.2) is 75.5 Å². The van der Waals surface area contributed by atoms with E-state index in [0.29, 0.717) is 19.3 Å². The average molecular weight is 912 g/mol. The maximum atomic E-state index is 12.8. The predicted octanol–water partition coefficient (Wildman–Crippen LogP) is 14.4. The molecule has 65 heavy (non-hydrogen) atoms. The number of nitrogens with zero attached hydrogens (tertiary/aromatic N) is 1. The summed E-state index contributed by atoms with van der Waals surface area (Å²) in [6.45, 7) is 4.62. The number of likely N-dealkylation sites (N-methyl/N-ethyl adjacent to an activating group) is 1. The van der Waals surface area contributed by atoms with E-state index < -0.39 is 18.1 Å². The van der Waals surface area contributed by atoms with Gasteiger partial charge in [0.05, 0.1) is 40.3 Å². The first-order valence-electron chi connectivity index (χ1n) is 26.8. The monoisotopic (exact) mass is 912 g/mol. The molecule has 0 saturated heterocycles. The molecule has 0 aliphatic carbocycles. The lowest BCUT2D eigenvalue weighted by Gasteiger charge is -2.34. The number of carboxylic acid groups (broad SMARTS) is 1. The second-order valence-electron chi connectivity index (χ2n) is 19.1.